The molecule has 1 unspecified atom stereocenters. The minimum atomic E-state index is 0.327. The summed E-state index contributed by atoms with van der Waals surface area (Å²) in [4.78, 5) is 4.31. The molecule has 1 heteroatoms. The molecule has 1 aromatic heterocycles. The molecule has 0 spiro atoms. The van der Waals surface area contributed by atoms with Gasteiger partial charge in [-0.3, -0.25) is 4.98 Å². The molecule has 1 aliphatic rings. The van der Waals surface area contributed by atoms with Gasteiger partial charge in [-0.1, -0.05) is 170 Å². The molecule has 0 fully saturated rings. The molecule has 0 aliphatic heterocycles. The van der Waals surface area contributed by atoms with Crippen LogP contribution in [0.1, 0.15) is 22.6 Å². The molecule has 0 saturated carbocycles. The first-order chi connectivity index (χ1) is 27.7. The molecule has 0 radical (unpaired) electrons. The Morgan fingerprint density at radius 2 is 1.02 bits per heavy atom. The molecule has 0 N–H and O–H groups in total. The largest absolute Gasteiger partial charge is 0.264 e. The van der Waals surface area contributed by atoms with Gasteiger partial charge in [0.2, 0.25) is 0 Å². The van der Waals surface area contributed by atoms with E-state index in [0.717, 1.165) is 12.0 Å². The lowest BCUT2D eigenvalue weighted by atomic mass is 9.81. The van der Waals surface area contributed by atoms with E-state index in [0.29, 0.717) is 5.92 Å². The van der Waals surface area contributed by atoms with Crippen molar-refractivity contribution in [2.45, 2.75) is 12.3 Å². The number of allylic oxidation sites excluding steroid dienone is 1. The molecule has 1 atom stereocenters. The Labute approximate surface area is 326 Å². The third-order valence-corrected chi connectivity index (χ3v) is 11.9. The number of hydrogen-bond acceptors (Lipinski definition) is 1. The first kappa shape index (κ1) is 32.3. The average Bonchev–Trinajstić information content (AvgIpc) is 3.27. The molecular formula is C55H37N. The summed E-state index contributed by atoms with van der Waals surface area (Å²) >= 11 is 0. The van der Waals surface area contributed by atoms with Crippen molar-refractivity contribution in [2.75, 3.05) is 0 Å². The van der Waals surface area contributed by atoms with Crippen molar-refractivity contribution in [1.29, 1.82) is 0 Å². The lowest BCUT2D eigenvalue weighted by Crippen LogP contribution is -2.06. The highest BCUT2D eigenvalue weighted by Gasteiger charge is 2.21. The van der Waals surface area contributed by atoms with Crippen molar-refractivity contribution in [1.82, 2.24) is 4.98 Å². The molecule has 1 heterocycles. The highest BCUT2D eigenvalue weighted by Crippen LogP contribution is 2.46. The number of benzene rings is 9. The normalized spacial score (nSPS) is 13.8. The van der Waals surface area contributed by atoms with Gasteiger partial charge in [0, 0.05) is 18.3 Å². The van der Waals surface area contributed by atoms with Crippen molar-refractivity contribution in [3.8, 4) is 44.5 Å². The van der Waals surface area contributed by atoms with Crippen LogP contribution in [0.15, 0.2) is 200 Å². The Bertz CT molecular complexity index is 3150. The molecule has 0 amide bonds. The third-order valence-electron chi connectivity index (χ3n) is 11.9. The quantitative estimate of drug-likeness (QED) is 0.162. The molecule has 56 heavy (non-hydrogen) atoms. The molecular weight excluding hydrogens is 675 g/mol. The first-order valence-corrected chi connectivity index (χ1v) is 19.5. The van der Waals surface area contributed by atoms with Gasteiger partial charge in [-0.2, -0.15) is 0 Å². The minimum Gasteiger partial charge on any atom is -0.264 e. The van der Waals surface area contributed by atoms with Gasteiger partial charge in [-0.05, 0) is 135 Å². The second-order valence-electron chi connectivity index (χ2n) is 15.1. The summed E-state index contributed by atoms with van der Waals surface area (Å²) < 4.78 is 0. The van der Waals surface area contributed by atoms with Gasteiger partial charge in [0.15, 0.2) is 0 Å². The Kier molecular flexibility index (Phi) is 7.70. The zero-order valence-corrected chi connectivity index (χ0v) is 30.9. The van der Waals surface area contributed by atoms with Crippen molar-refractivity contribution >= 4 is 49.2 Å². The van der Waals surface area contributed by atoms with Crippen LogP contribution in [0.4, 0.5) is 0 Å². The number of hydrogen-bond donors (Lipinski definition) is 0. The molecule has 0 saturated heterocycles. The fourth-order valence-corrected chi connectivity index (χ4v) is 9.10. The van der Waals surface area contributed by atoms with E-state index >= 15 is 0 Å². The van der Waals surface area contributed by atoms with E-state index in [2.05, 4.69) is 193 Å². The summed E-state index contributed by atoms with van der Waals surface area (Å²) in [6.45, 7) is 0. The zero-order valence-electron chi connectivity index (χ0n) is 30.9. The van der Waals surface area contributed by atoms with Gasteiger partial charge in [-0.15, -0.1) is 0 Å². The molecule has 1 aliphatic carbocycles. The third kappa shape index (κ3) is 5.51. The van der Waals surface area contributed by atoms with Crippen molar-refractivity contribution < 1.29 is 0 Å². The van der Waals surface area contributed by atoms with Crippen LogP contribution in [0.2, 0.25) is 0 Å². The van der Waals surface area contributed by atoms with Crippen LogP contribution in [0.25, 0.3) is 93.7 Å². The van der Waals surface area contributed by atoms with Gasteiger partial charge in [0.1, 0.15) is 0 Å². The van der Waals surface area contributed by atoms with Gasteiger partial charge in [0.25, 0.3) is 0 Å². The summed E-state index contributed by atoms with van der Waals surface area (Å²) in [5.41, 5.74) is 13.9. The van der Waals surface area contributed by atoms with Crippen LogP contribution < -0.4 is 0 Å². The second kappa shape index (κ2) is 13.3. The molecule has 262 valence electrons. The van der Waals surface area contributed by atoms with Crippen molar-refractivity contribution in [2.24, 2.45) is 0 Å². The van der Waals surface area contributed by atoms with Crippen LogP contribution in [-0.4, -0.2) is 4.98 Å². The number of fused-ring (bicyclic) bond motifs is 5. The SMILES string of the molecule is C1=CC(c2ccc(-c3cccnc3)cc2)Cc2cccc(-c3ccc4c(-c5ccc6ccccc6c5)c5ccccc5c(-c5ccc6ccccc6c5)c4c3)c21. The summed E-state index contributed by atoms with van der Waals surface area (Å²) in [5, 5.41) is 10.1. The summed E-state index contributed by atoms with van der Waals surface area (Å²) in [5.74, 6) is 0.327. The Morgan fingerprint density at radius 1 is 0.411 bits per heavy atom. The lowest BCUT2D eigenvalue weighted by Gasteiger charge is -2.23. The molecule has 1 nitrogen and oxygen atoms in total. The maximum absolute atomic E-state index is 4.31. The van der Waals surface area contributed by atoms with E-state index in [1.54, 1.807) is 0 Å². The van der Waals surface area contributed by atoms with Crippen LogP contribution in [-0.2, 0) is 6.42 Å². The number of pyridine rings is 1. The monoisotopic (exact) mass is 711 g/mol. The molecule has 0 bridgehead atoms. The Morgan fingerprint density at radius 3 is 1.70 bits per heavy atom. The van der Waals surface area contributed by atoms with Crippen LogP contribution >= 0.6 is 0 Å². The number of aromatic nitrogens is 1. The Hall–Kier alpha value is -7.09. The zero-order chi connectivity index (χ0) is 37.0. The summed E-state index contributed by atoms with van der Waals surface area (Å²) in [7, 11) is 0. The lowest BCUT2D eigenvalue weighted by molar-refractivity contribution is 0.827. The predicted molar refractivity (Wildman–Crippen MR) is 238 cm³/mol. The smallest absolute Gasteiger partial charge is 0.0346 e. The van der Waals surface area contributed by atoms with E-state index in [-0.39, 0.29) is 0 Å². The van der Waals surface area contributed by atoms with E-state index < -0.39 is 0 Å². The average molecular weight is 712 g/mol. The van der Waals surface area contributed by atoms with Gasteiger partial charge < -0.3 is 0 Å². The van der Waals surface area contributed by atoms with Crippen molar-refractivity contribution in [3.05, 3.63) is 217 Å². The highest BCUT2D eigenvalue weighted by molar-refractivity contribution is 6.22. The summed E-state index contributed by atoms with van der Waals surface area (Å²) in [6, 6.07) is 67.4. The first-order valence-electron chi connectivity index (χ1n) is 19.5. The van der Waals surface area contributed by atoms with E-state index in [1.807, 2.05) is 18.5 Å². The van der Waals surface area contributed by atoms with Crippen LogP contribution in [0, 0.1) is 0 Å². The maximum Gasteiger partial charge on any atom is 0.0346 e. The number of nitrogens with zero attached hydrogens (tertiary/aromatic N) is 1. The second-order valence-corrected chi connectivity index (χ2v) is 15.1. The van der Waals surface area contributed by atoms with Crippen LogP contribution in [0.5, 0.6) is 0 Å². The fraction of sp³-hybridized carbons (Fsp3) is 0.0364. The van der Waals surface area contributed by atoms with Gasteiger partial charge >= 0.3 is 0 Å². The molecule has 10 aromatic rings. The van der Waals surface area contributed by atoms with Crippen molar-refractivity contribution in [3.63, 3.8) is 0 Å². The van der Waals surface area contributed by atoms with E-state index in [9.17, 15) is 0 Å². The van der Waals surface area contributed by atoms with Gasteiger partial charge in [0.05, 0.1) is 0 Å². The molecule has 9 aromatic carbocycles. The van der Waals surface area contributed by atoms with Crippen LogP contribution in [0.3, 0.4) is 0 Å². The minimum absolute atomic E-state index is 0.327. The van der Waals surface area contributed by atoms with Gasteiger partial charge in [-0.25, -0.2) is 0 Å². The highest BCUT2D eigenvalue weighted by atomic mass is 14.6. The van der Waals surface area contributed by atoms with E-state index in [1.165, 1.54) is 98.7 Å². The standard InChI is InChI=1S/C55H37N/c1-3-11-40-32-45(24-22-36(40)9-1)54-50-15-5-6-16-51(50)55(46-25-23-37-10-2-4-12-41(37)33-46)53-34-44(27-29-52(53)54)48-17-7-13-43-31-42(26-28-49(43)48)38-18-20-39(21-19-38)47-14-8-30-56-35-47/h1-30,32-35,42H,31H2. The predicted octanol–water partition coefficient (Wildman–Crippen LogP) is 14.7. The van der Waals surface area contributed by atoms with E-state index in [4.69, 9.17) is 0 Å². The maximum atomic E-state index is 4.31. The Balaban J connectivity index is 1.08. The fourth-order valence-electron chi connectivity index (χ4n) is 9.10. The molecule has 11 rings (SSSR count). The number of rotatable bonds is 5. The topological polar surface area (TPSA) is 12.9 Å². The summed E-state index contributed by atoms with van der Waals surface area (Å²) in [6.07, 6.45) is 9.49.